The molecule has 0 saturated heterocycles. The average Bonchev–Trinajstić information content (AvgIpc) is 2.64. The summed E-state index contributed by atoms with van der Waals surface area (Å²) in [4.78, 5) is 32.0. The first-order chi connectivity index (χ1) is 14.6. The Bertz CT molecular complexity index is 1040. The fourth-order valence-corrected chi connectivity index (χ4v) is 4.32. The van der Waals surface area contributed by atoms with E-state index in [1.807, 2.05) is 20.8 Å². The Morgan fingerprint density at radius 3 is 2.52 bits per heavy atom. The molecule has 7 nitrogen and oxygen atoms in total. The maximum atomic E-state index is 13.5. The second-order valence-corrected chi connectivity index (χ2v) is 9.41. The third kappa shape index (κ3) is 4.29. The van der Waals surface area contributed by atoms with Gasteiger partial charge in [-0.05, 0) is 63.6 Å². The van der Waals surface area contributed by atoms with Gasteiger partial charge in [0.15, 0.2) is 0 Å². The van der Waals surface area contributed by atoms with Crippen molar-refractivity contribution in [3.63, 3.8) is 0 Å². The van der Waals surface area contributed by atoms with Gasteiger partial charge in [-0.1, -0.05) is 18.6 Å². The highest BCUT2D eigenvalue weighted by molar-refractivity contribution is 5.68. The van der Waals surface area contributed by atoms with Gasteiger partial charge < -0.3 is 15.4 Å². The van der Waals surface area contributed by atoms with Crippen molar-refractivity contribution in [3.05, 3.63) is 57.3 Å². The minimum Gasteiger partial charge on any atom is -0.444 e. The van der Waals surface area contributed by atoms with Crippen LogP contribution in [0.3, 0.4) is 0 Å². The molecular weight excluding hydrogens is 399 g/mol. The maximum Gasteiger partial charge on any atom is 0.410 e. The van der Waals surface area contributed by atoms with Crippen molar-refractivity contribution in [1.29, 1.82) is 0 Å². The number of ether oxygens (including phenoxy) is 1. The van der Waals surface area contributed by atoms with Crippen molar-refractivity contribution in [2.75, 3.05) is 12.3 Å². The molecule has 2 aromatic rings. The molecule has 1 fully saturated rings. The quantitative estimate of drug-likeness (QED) is 0.806. The van der Waals surface area contributed by atoms with Crippen LogP contribution in [0.4, 0.5) is 15.1 Å². The molecular formula is C23H29FN4O3. The lowest BCUT2D eigenvalue weighted by Crippen LogP contribution is -2.44. The Balaban J connectivity index is 1.69. The van der Waals surface area contributed by atoms with Crippen LogP contribution in [0, 0.1) is 11.7 Å². The van der Waals surface area contributed by atoms with E-state index in [-0.39, 0.29) is 35.8 Å². The van der Waals surface area contributed by atoms with Gasteiger partial charge in [0.05, 0.1) is 18.3 Å². The number of carbonyl (C=O) groups is 1. The summed E-state index contributed by atoms with van der Waals surface area (Å²) in [5.41, 5.74) is 7.48. The molecule has 1 aromatic heterocycles. The van der Waals surface area contributed by atoms with E-state index in [9.17, 15) is 14.0 Å². The molecule has 1 atom stereocenters. The fourth-order valence-electron chi connectivity index (χ4n) is 4.32. The van der Waals surface area contributed by atoms with Crippen LogP contribution in [-0.4, -0.2) is 32.7 Å². The maximum absolute atomic E-state index is 13.5. The summed E-state index contributed by atoms with van der Waals surface area (Å²) in [6.07, 6.45) is 3.03. The number of halogens is 1. The second-order valence-electron chi connectivity index (χ2n) is 9.41. The molecule has 1 unspecified atom stereocenters. The molecule has 1 aliphatic heterocycles. The number of aromatic nitrogens is 2. The summed E-state index contributed by atoms with van der Waals surface area (Å²) in [6.45, 7) is 6.01. The van der Waals surface area contributed by atoms with Crippen LogP contribution >= 0.6 is 0 Å². The van der Waals surface area contributed by atoms with E-state index in [4.69, 9.17) is 10.5 Å². The Morgan fingerprint density at radius 2 is 1.94 bits per heavy atom. The van der Waals surface area contributed by atoms with Crippen molar-refractivity contribution < 1.29 is 13.9 Å². The van der Waals surface area contributed by atoms with Gasteiger partial charge in [0.1, 0.15) is 11.4 Å². The highest BCUT2D eigenvalue weighted by Gasteiger charge is 2.35. The van der Waals surface area contributed by atoms with Crippen molar-refractivity contribution >= 4 is 12.0 Å². The van der Waals surface area contributed by atoms with Gasteiger partial charge in [-0.2, -0.15) is 0 Å². The van der Waals surface area contributed by atoms with Gasteiger partial charge in [0, 0.05) is 12.1 Å². The summed E-state index contributed by atoms with van der Waals surface area (Å²) in [5, 5.41) is 0. The SMILES string of the molecule is CC(C)(C)OC(=O)N1CCc2c(nc(N)n(C(c3ccc(F)cc3)C3CCC3)c2=O)C1. The minimum absolute atomic E-state index is 0.121. The number of fused-ring (bicyclic) bond motifs is 1. The van der Waals surface area contributed by atoms with E-state index in [0.29, 0.717) is 24.2 Å². The van der Waals surface area contributed by atoms with Crippen LogP contribution < -0.4 is 11.3 Å². The van der Waals surface area contributed by atoms with Crippen LogP contribution in [0.5, 0.6) is 0 Å². The van der Waals surface area contributed by atoms with Gasteiger partial charge in [-0.3, -0.25) is 9.36 Å². The standard InChI is InChI=1S/C23H29FN4O3/c1-23(2,3)31-22(30)27-12-11-17-18(13-27)26-21(25)28(20(17)29)19(14-5-4-6-14)15-7-9-16(24)10-8-15/h7-10,14,19H,4-6,11-13H2,1-3H3,(H2,25,26). The molecule has 31 heavy (non-hydrogen) atoms. The van der Waals surface area contributed by atoms with Gasteiger partial charge >= 0.3 is 6.09 Å². The van der Waals surface area contributed by atoms with Gasteiger partial charge in [-0.25, -0.2) is 14.2 Å². The first-order valence-corrected chi connectivity index (χ1v) is 10.8. The van der Waals surface area contributed by atoms with Crippen molar-refractivity contribution in [1.82, 2.24) is 14.5 Å². The molecule has 0 bridgehead atoms. The first kappa shape index (κ1) is 21.3. The summed E-state index contributed by atoms with van der Waals surface area (Å²) in [5.74, 6) is 0.0606. The van der Waals surface area contributed by atoms with E-state index in [1.54, 1.807) is 21.6 Å². The number of anilines is 1. The molecule has 4 rings (SSSR count). The summed E-state index contributed by atoms with van der Waals surface area (Å²) in [7, 11) is 0. The average molecular weight is 429 g/mol. The molecule has 166 valence electrons. The third-order valence-electron chi connectivity index (χ3n) is 6.03. The number of carbonyl (C=O) groups excluding carboxylic acids is 1. The molecule has 0 spiro atoms. The first-order valence-electron chi connectivity index (χ1n) is 10.8. The lowest BCUT2D eigenvalue weighted by Gasteiger charge is -2.37. The van der Waals surface area contributed by atoms with E-state index in [2.05, 4.69) is 4.98 Å². The van der Waals surface area contributed by atoms with Crippen LogP contribution in [-0.2, 0) is 17.7 Å². The zero-order valence-electron chi connectivity index (χ0n) is 18.2. The van der Waals surface area contributed by atoms with Crippen LogP contribution in [0.2, 0.25) is 0 Å². The minimum atomic E-state index is -0.599. The second kappa shape index (κ2) is 7.98. The third-order valence-corrected chi connectivity index (χ3v) is 6.03. The molecule has 1 amide bonds. The molecule has 0 radical (unpaired) electrons. The number of hydrogen-bond donors (Lipinski definition) is 1. The van der Waals surface area contributed by atoms with Crippen LogP contribution in [0.15, 0.2) is 29.1 Å². The smallest absolute Gasteiger partial charge is 0.410 e. The lowest BCUT2D eigenvalue weighted by molar-refractivity contribution is 0.0220. The summed E-state index contributed by atoms with van der Waals surface area (Å²) < 4.78 is 20.5. The fraction of sp³-hybridized carbons (Fsp3) is 0.522. The van der Waals surface area contributed by atoms with E-state index >= 15 is 0 Å². The van der Waals surface area contributed by atoms with E-state index < -0.39 is 11.7 Å². The molecule has 2 N–H and O–H groups in total. The number of hydrogen-bond acceptors (Lipinski definition) is 5. The number of nitrogens with two attached hydrogens (primary N) is 1. The Morgan fingerprint density at radius 1 is 1.26 bits per heavy atom. The monoisotopic (exact) mass is 428 g/mol. The number of amides is 1. The van der Waals surface area contributed by atoms with E-state index in [1.165, 1.54) is 12.1 Å². The normalized spacial score (nSPS) is 17.6. The molecule has 2 aliphatic rings. The van der Waals surface area contributed by atoms with E-state index in [0.717, 1.165) is 24.8 Å². The van der Waals surface area contributed by atoms with Crippen molar-refractivity contribution in [2.24, 2.45) is 5.92 Å². The van der Waals surface area contributed by atoms with Crippen molar-refractivity contribution in [2.45, 2.75) is 64.6 Å². The summed E-state index contributed by atoms with van der Waals surface area (Å²) in [6, 6.07) is 5.98. The number of nitrogens with zero attached hydrogens (tertiary/aromatic N) is 3. The number of benzene rings is 1. The summed E-state index contributed by atoms with van der Waals surface area (Å²) >= 11 is 0. The largest absolute Gasteiger partial charge is 0.444 e. The topological polar surface area (TPSA) is 90.4 Å². The highest BCUT2D eigenvalue weighted by atomic mass is 19.1. The number of rotatable bonds is 3. The molecule has 1 aromatic carbocycles. The number of nitrogen functional groups attached to an aromatic ring is 1. The predicted molar refractivity (Wildman–Crippen MR) is 115 cm³/mol. The predicted octanol–water partition coefficient (Wildman–Crippen LogP) is 3.65. The molecule has 8 heteroatoms. The van der Waals surface area contributed by atoms with Gasteiger partial charge in [0.25, 0.3) is 5.56 Å². The van der Waals surface area contributed by atoms with Crippen molar-refractivity contribution in [3.8, 4) is 0 Å². The Kier molecular flexibility index (Phi) is 5.49. The Labute approximate surface area is 181 Å². The Hall–Kier alpha value is -2.90. The molecule has 2 heterocycles. The van der Waals surface area contributed by atoms with Gasteiger partial charge in [-0.15, -0.1) is 0 Å². The van der Waals surface area contributed by atoms with Gasteiger partial charge in [0.2, 0.25) is 5.95 Å². The highest BCUT2D eigenvalue weighted by Crippen LogP contribution is 2.40. The van der Waals surface area contributed by atoms with Crippen LogP contribution in [0.1, 0.15) is 62.9 Å². The lowest BCUT2D eigenvalue weighted by atomic mass is 9.77. The zero-order valence-corrected chi connectivity index (χ0v) is 18.2. The zero-order chi connectivity index (χ0) is 22.3. The molecule has 1 saturated carbocycles. The molecule has 1 aliphatic carbocycles. The van der Waals surface area contributed by atoms with Crippen LogP contribution in [0.25, 0.3) is 0 Å².